The van der Waals surface area contributed by atoms with Gasteiger partial charge in [0.05, 0.1) is 10.7 Å². The number of hydrogen-bond donors (Lipinski definition) is 1. The first-order valence-electron chi connectivity index (χ1n) is 7.05. The zero-order chi connectivity index (χ0) is 14.8. The smallest absolute Gasteiger partial charge is 0.137 e. The second kappa shape index (κ2) is 5.88. The number of imidazole rings is 1. The summed E-state index contributed by atoms with van der Waals surface area (Å²) in [4.78, 5) is 4.58. The van der Waals surface area contributed by atoms with Crippen molar-refractivity contribution < 1.29 is 0 Å². The van der Waals surface area contributed by atoms with E-state index < -0.39 is 0 Å². The van der Waals surface area contributed by atoms with Gasteiger partial charge >= 0.3 is 0 Å². The molecular weight excluding hydrogens is 282 g/mol. The molecule has 1 unspecified atom stereocenters. The van der Waals surface area contributed by atoms with Crippen LogP contribution < -0.4 is 5.32 Å². The molecule has 108 valence electrons. The molecule has 3 rings (SSSR count). The molecule has 0 fully saturated rings. The van der Waals surface area contributed by atoms with Crippen molar-refractivity contribution in [3.63, 3.8) is 0 Å². The third kappa shape index (κ3) is 3.26. The normalized spacial score (nSPS) is 12.7. The molecule has 4 heteroatoms. The lowest BCUT2D eigenvalue weighted by Gasteiger charge is -2.13. The number of aromatic nitrogens is 2. The van der Waals surface area contributed by atoms with E-state index in [0.29, 0.717) is 11.1 Å². The molecule has 3 nitrogen and oxygen atoms in total. The van der Waals surface area contributed by atoms with Gasteiger partial charge in [-0.1, -0.05) is 41.4 Å². The van der Waals surface area contributed by atoms with Crippen molar-refractivity contribution >= 4 is 17.2 Å². The lowest BCUT2D eigenvalue weighted by atomic mass is 10.1. The first-order valence-corrected chi connectivity index (χ1v) is 7.43. The molecule has 0 aliphatic carbocycles. The maximum absolute atomic E-state index is 5.98. The van der Waals surface area contributed by atoms with Gasteiger partial charge in [-0.3, -0.25) is 0 Å². The molecule has 2 heterocycles. The molecule has 0 spiro atoms. The molecule has 0 amide bonds. The summed E-state index contributed by atoms with van der Waals surface area (Å²) in [7, 11) is 0. The van der Waals surface area contributed by atoms with Crippen LogP contribution in [0.4, 0.5) is 0 Å². The molecule has 0 radical (unpaired) electrons. The number of aryl methyl sites for hydroxylation is 1. The van der Waals surface area contributed by atoms with Gasteiger partial charge in [0.15, 0.2) is 0 Å². The van der Waals surface area contributed by atoms with E-state index in [1.165, 1.54) is 11.1 Å². The van der Waals surface area contributed by atoms with Crippen LogP contribution in [0.1, 0.15) is 29.8 Å². The lowest BCUT2D eigenvalue weighted by molar-refractivity contribution is 0.569. The third-order valence-electron chi connectivity index (χ3n) is 3.63. The predicted molar refractivity (Wildman–Crippen MR) is 86.6 cm³/mol. The van der Waals surface area contributed by atoms with Gasteiger partial charge in [-0.15, -0.1) is 0 Å². The number of hydrogen-bond acceptors (Lipinski definition) is 2. The Kier molecular flexibility index (Phi) is 3.95. The van der Waals surface area contributed by atoms with E-state index in [1.807, 2.05) is 28.9 Å². The number of rotatable bonds is 4. The highest BCUT2D eigenvalue weighted by atomic mass is 35.5. The second-order valence-corrected chi connectivity index (χ2v) is 5.79. The van der Waals surface area contributed by atoms with E-state index in [-0.39, 0.29) is 0 Å². The number of pyridine rings is 1. The van der Waals surface area contributed by atoms with E-state index >= 15 is 0 Å². The number of halogens is 1. The first kappa shape index (κ1) is 14.1. The Morgan fingerprint density at radius 3 is 2.67 bits per heavy atom. The van der Waals surface area contributed by atoms with E-state index in [1.54, 1.807) is 0 Å². The van der Waals surface area contributed by atoms with Crippen LogP contribution in [0.15, 0.2) is 48.8 Å². The van der Waals surface area contributed by atoms with E-state index in [2.05, 4.69) is 48.4 Å². The monoisotopic (exact) mass is 299 g/mol. The van der Waals surface area contributed by atoms with E-state index in [0.717, 1.165) is 17.9 Å². The van der Waals surface area contributed by atoms with Crippen LogP contribution in [0.3, 0.4) is 0 Å². The fourth-order valence-electron chi connectivity index (χ4n) is 2.33. The van der Waals surface area contributed by atoms with Crippen LogP contribution in [0.2, 0.25) is 5.02 Å². The minimum absolute atomic E-state index is 0.291. The molecule has 0 aliphatic heterocycles. The highest BCUT2D eigenvalue weighted by Gasteiger charge is 2.07. The van der Waals surface area contributed by atoms with Crippen molar-refractivity contribution in [2.75, 3.05) is 0 Å². The molecule has 3 aromatic rings. The Bertz CT molecular complexity index is 746. The van der Waals surface area contributed by atoms with Gasteiger partial charge < -0.3 is 9.72 Å². The summed E-state index contributed by atoms with van der Waals surface area (Å²) in [6, 6.07) is 12.7. The van der Waals surface area contributed by atoms with Crippen molar-refractivity contribution in [2.45, 2.75) is 26.4 Å². The summed E-state index contributed by atoms with van der Waals surface area (Å²) in [5.74, 6) is 0. The van der Waals surface area contributed by atoms with Gasteiger partial charge in [-0.2, -0.15) is 0 Å². The van der Waals surface area contributed by atoms with Crippen molar-refractivity contribution in [1.82, 2.24) is 14.7 Å². The van der Waals surface area contributed by atoms with Gasteiger partial charge in [0.1, 0.15) is 5.65 Å². The second-order valence-electron chi connectivity index (χ2n) is 5.36. The maximum Gasteiger partial charge on any atom is 0.137 e. The topological polar surface area (TPSA) is 29.3 Å². The molecule has 0 saturated heterocycles. The van der Waals surface area contributed by atoms with Crippen LogP contribution >= 0.6 is 11.6 Å². The van der Waals surface area contributed by atoms with Gasteiger partial charge in [0.25, 0.3) is 0 Å². The Hall–Kier alpha value is -1.84. The molecule has 1 atom stereocenters. The average Bonchev–Trinajstić information content (AvgIpc) is 2.87. The Morgan fingerprint density at radius 1 is 1.14 bits per heavy atom. The van der Waals surface area contributed by atoms with Crippen LogP contribution in [-0.2, 0) is 6.54 Å². The summed E-state index contributed by atoms with van der Waals surface area (Å²) in [5.41, 5.74) is 4.49. The average molecular weight is 300 g/mol. The first-order chi connectivity index (χ1) is 10.1. The quantitative estimate of drug-likeness (QED) is 0.784. The molecule has 1 aromatic carbocycles. The Morgan fingerprint density at radius 2 is 1.90 bits per heavy atom. The molecular formula is C17H18ClN3. The number of nitrogens with one attached hydrogen (secondary N) is 1. The number of nitrogens with zero attached hydrogens (tertiary/aromatic N) is 2. The number of benzene rings is 1. The van der Waals surface area contributed by atoms with Gasteiger partial charge in [-0.25, -0.2) is 4.98 Å². The van der Waals surface area contributed by atoms with Crippen LogP contribution in [-0.4, -0.2) is 9.38 Å². The molecule has 0 bridgehead atoms. The molecule has 0 saturated carbocycles. The van der Waals surface area contributed by atoms with Gasteiger partial charge in [-0.05, 0) is 31.5 Å². The van der Waals surface area contributed by atoms with Crippen LogP contribution in [0.5, 0.6) is 0 Å². The number of fused-ring (bicyclic) bond motifs is 1. The lowest BCUT2D eigenvalue weighted by Crippen LogP contribution is -2.18. The third-order valence-corrected chi connectivity index (χ3v) is 3.86. The van der Waals surface area contributed by atoms with E-state index in [4.69, 9.17) is 11.6 Å². The van der Waals surface area contributed by atoms with Crippen molar-refractivity contribution in [3.8, 4) is 0 Å². The summed E-state index contributed by atoms with van der Waals surface area (Å²) in [6.07, 6.45) is 3.88. The predicted octanol–water partition coefficient (Wildman–Crippen LogP) is 4.15. The SMILES string of the molecule is Cc1ccc(C(C)NCc2cn3cc(Cl)ccc3n2)cc1. The molecule has 2 aromatic heterocycles. The van der Waals surface area contributed by atoms with E-state index in [9.17, 15) is 0 Å². The van der Waals surface area contributed by atoms with Crippen molar-refractivity contribution in [2.24, 2.45) is 0 Å². The highest BCUT2D eigenvalue weighted by Crippen LogP contribution is 2.15. The summed E-state index contributed by atoms with van der Waals surface area (Å²) < 4.78 is 1.95. The van der Waals surface area contributed by atoms with Crippen molar-refractivity contribution in [3.05, 3.63) is 70.6 Å². The minimum atomic E-state index is 0.291. The van der Waals surface area contributed by atoms with Gasteiger partial charge in [0.2, 0.25) is 0 Å². The standard InChI is InChI=1S/C17H18ClN3/c1-12-3-5-14(6-4-12)13(2)19-9-16-11-21-10-15(18)7-8-17(21)20-16/h3-8,10-11,13,19H,9H2,1-2H3. The molecule has 0 aliphatic rings. The Balaban J connectivity index is 1.69. The highest BCUT2D eigenvalue weighted by molar-refractivity contribution is 6.30. The largest absolute Gasteiger partial charge is 0.305 e. The summed E-state index contributed by atoms with van der Waals surface area (Å²) in [6.45, 7) is 5.00. The fourth-order valence-corrected chi connectivity index (χ4v) is 2.50. The van der Waals surface area contributed by atoms with Gasteiger partial charge in [0, 0.05) is 25.0 Å². The Labute approximate surface area is 129 Å². The summed E-state index contributed by atoms with van der Waals surface area (Å²) >= 11 is 5.98. The maximum atomic E-state index is 5.98. The minimum Gasteiger partial charge on any atom is -0.305 e. The fraction of sp³-hybridized carbons (Fsp3) is 0.235. The van der Waals surface area contributed by atoms with Crippen molar-refractivity contribution in [1.29, 1.82) is 0 Å². The summed E-state index contributed by atoms with van der Waals surface area (Å²) in [5, 5.41) is 4.22. The van der Waals surface area contributed by atoms with Crippen LogP contribution in [0.25, 0.3) is 5.65 Å². The molecule has 1 N–H and O–H groups in total. The molecule has 21 heavy (non-hydrogen) atoms. The zero-order valence-electron chi connectivity index (χ0n) is 12.2. The zero-order valence-corrected chi connectivity index (χ0v) is 12.9. The van der Waals surface area contributed by atoms with Crippen LogP contribution in [0, 0.1) is 6.92 Å².